The molecule has 0 fully saturated rings. The number of aryl methyl sites for hydroxylation is 3. The number of nitrogens with zero attached hydrogens (tertiary/aromatic N) is 1. The van der Waals surface area contributed by atoms with Crippen LogP contribution in [0.4, 0.5) is 5.69 Å². The summed E-state index contributed by atoms with van der Waals surface area (Å²) in [6.45, 7) is 6.34. The minimum absolute atomic E-state index is 1.07. The topological polar surface area (TPSA) is 28.1 Å². The largest absolute Gasteiger partial charge is 0.361 e. The molecule has 0 spiro atoms. The molecule has 1 aromatic heterocycles. The van der Waals surface area contributed by atoms with Gasteiger partial charge in [-0.1, -0.05) is 35.9 Å². The van der Waals surface area contributed by atoms with Gasteiger partial charge in [-0.3, -0.25) is 4.99 Å². The molecule has 100 valence electrons. The average Bonchev–Trinajstić information content (AvgIpc) is 2.86. The van der Waals surface area contributed by atoms with E-state index in [9.17, 15) is 0 Å². The van der Waals surface area contributed by atoms with Crippen LogP contribution >= 0.6 is 0 Å². The quantitative estimate of drug-likeness (QED) is 0.640. The third kappa shape index (κ3) is 2.25. The van der Waals surface area contributed by atoms with Crippen LogP contribution in [0.5, 0.6) is 0 Å². The Morgan fingerprint density at radius 1 is 1.00 bits per heavy atom. The highest BCUT2D eigenvalue weighted by molar-refractivity contribution is 5.98. The first-order valence-electron chi connectivity index (χ1n) is 6.83. The molecule has 3 aromatic rings. The van der Waals surface area contributed by atoms with E-state index in [4.69, 9.17) is 4.99 Å². The molecule has 2 aromatic carbocycles. The van der Waals surface area contributed by atoms with E-state index in [-0.39, 0.29) is 0 Å². The van der Waals surface area contributed by atoms with Gasteiger partial charge < -0.3 is 4.98 Å². The van der Waals surface area contributed by atoms with E-state index in [1.54, 1.807) is 0 Å². The second kappa shape index (κ2) is 4.97. The summed E-state index contributed by atoms with van der Waals surface area (Å²) in [6.07, 6.45) is 3.91. The Morgan fingerprint density at radius 2 is 1.75 bits per heavy atom. The summed E-state index contributed by atoms with van der Waals surface area (Å²) in [6, 6.07) is 12.7. The predicted octanol–water partition coefficient (Wildman–Crippen LogP) is 4.84. The number of fused-ring (bicyclic) bond motifs is 1. The van der Waals surface area contributed by atoms with E-state index in [2.05, 4.69) is 62.2 Å². The maximum atomic E-state index is 4.70. The summed E-state index contributed by atoms with van der Waals surface area (Å²) >= 11 is 0. The number of hydrogen-bond acceptors (Lipinski definition) is 1. The van der Waals surface area contributed by atoms with E-state index in [0.29, 0.717) is 0 Å². The summed E-state index contributed by atoms with van der Waals surface area (Å²) < 4.78 is 0. The molecular weight excluding hydrogens is 244 g/mol. The minimum Gasteiger partial charge on any atom is -0.361 e. The molecule has 1 heterocycles. The lowest BCUT2D eigenvalue weighted by Crippen LogP contribution is -1.87. The molecule has 0 bridgehead atoms. The van der Waals surface area contributed by atoms with Gasteiger partial charge in [-0.2, -0.15) is 0 Å². The Morgan fingerprint density at radius 3 is 2.50 bits per heavy atom. The molecule has 20 heavy (non-hydrogen) atoms. The number of hydrogen-bond donors (Lipinski definition) is 1. The molecule has 0 amide bonds. The van der Waals surface area contributed by atoms with Crippen LogP contribution in [0.25, 0.3) is 10.9 Å². The Bertz CT molecular complexity index is 771. The van der Waals surface area contributed by atoms with Crippen molar-refractivity contribution in [2.45, 2.75) is 20.8 Å². The molecule has 0 aliphatic heterocycles. The third-order valence-corrected chi connectivity index (χ3v) is 3.59. The second-order valence-corrected chi connectivity index (χ2v) is 5.29. The number of aliphatic imine (C=N–C) groups is 1. The lowest BCUT2D eigenvalue weighted by atomic mass is 10.1. The summed E-state index contributed by atoms with van der Waals surface area (Å²) in [5, 5.41) is 1.21. The second-order valence-electron chi connectivity index (χ2n) is 5.29. The van der Waals surface area contributed by atoms with Gasteiger partial charge in [-0.25, -0.2) is 0 Å². The molecular formula is C18H18N2. The predicted molar refractivity (Wildman–Crippen MR) is 86.2 cm³/mol. The molecule has 0 saturated carbocycles. The van der Waals surface area contributed by atoms with Crippen LogP contribution in [0.3, 0.4) is 0 Å². The van der Waals surface area contributed by atoms with Crippen molar-refractivity contribution in [2.24, 2.45) is 4.99 Å². The molecule has 0 radical (unpaired) electrons. The van der Waals surface area contributed by atoms with Gasteiger partial charge >= 0.3 is 0 Å². The van der Waals surface area contributed by atoms with Crippen LogP contribution in [0.15, 0.2) is 47.6 Å². The molecule has 0 saturated heterocycles. The fourth-order valence-corrected chi connectivity index (χ4v) is 2.73. The van der Waals surface area contributed by atoms with Crippen molar-refractivity contribution < 1.29 is 0 Å². The zero-order chi connectivity index (χ0) is 14.1. The van der Waals surface area contributed by atoms with Crippen molar-refractivity contribution in [1.82, 2.24) is 4.98 Å². The van der Waals surface area contributed by atoms with Gasteiger partial charge in [-0.15, -0.1) is 0 Å². The highest BCUT2D eigenvalue weighted by Crippen LogP contribution is 2.25. The van der Waals surface area contributed by atoms with Crippen LogP contribution in [0, 0.1) is 20.8 Å². The van der Waals surface area contributed by atoms with Crippen LogP contribution in [-0.4, -0.2) is 11.2 Å². The van der Waals surface area contributed by atoms with Gasteiger partial charge in [0.25, 0.3) is 0 Å². The van der Waals surface area contributed by atoms with Crippen LogP contribution in [0.1, 0.15) is 22.3 Å². The first-order valence-corrected chi connectivity index (χ1v) is 6.83. The SMILES string of the molecule is Cc1cc(C)c(N=Cc2cccc3cc[nH]c23)c(C)c1. The van der Waals surface area contributed by atoms with E-state index < -0.39 is 0 Å². The highest BCUT2D eigenvalue weighted by Gasteiger charge is 2.03. The number of para-hydroxylation sites is 1. The van der Waals surface area contributed by atoms with Crippen molar-refractivity contribution in [3.63, 3.8) is 0 Å². The zero-order valence-corrected chi connectivity index (χ0v) is 12.1. The highest BCUT2D eigenvalue weighted by atomic mass is 14.7. The first kappa shape index (κ1) is 12.7. The monoisotopic (exact) mass is 262 g/mol. The molecule has 2 nitrogen and oxygen atoms in total. The Hall–Kier alpha value is -2.35. The summed E-state index contributed by atoms with van der Waals surface area (Å²) in [4.78, 5) is 7.97. The number of rotatable bonds is 2. The average molecular weight is 262 g/mol. The van der Waals surface area contributed by atoms with Gasteiger partial charge in [0.1, 0.15) is 0 Å². The molecule has 0 aliphatic carbocycles. The molecule has 0 atom stereocenters. The fourth-order valence-electron chi connectivity index (χ4n) is 2.73. The first-order chi connectivity index (χ1) is 9.65. The fraction of sp³-hybridized carbons (Fsp3) is 0.167. The molecule has 0 aliphatic rings. The number of aromatic amines is 1. The number of H-pyrrole nitrogens is 1. The van der Waals surface area contributed by atoms with Crippen molar-refractivity contribution in [1.29, 1.82) is 0 Å². The summed E-state index contributed by atoms with van der Waals surface area (Å²) in [5.41, 5.74) is 7.05. The normalized spacial score (nSPS) is 11.6. The van der Waals surface area contributed by atoms with Crippen molar-refractivity contribution in [2.75, 3.05) is 0 Å². The zero-order valence-electron chi connectivity index (χ0n) is 12.1. The van der Waals surface area contributed by atoms with E-state index in [1.807, 2.05) is 12.4 Å². The molecule has 1 N–H and O–H groups in total. The lowest BCUT2D eigenvalue weighted by Gasteiger charge is -2.06. The van der Waals surface area contributed by atoms with Gasteiger partial charge in [0.15, 0.2) is 0 Å². The molecule has 3 rings (SSSR count). The van der Waals surface area contributed by atoms with Gasteiger partial charge in [0.05, 0.1) is 11.2 Å². The van der Waals surface area contributed by atoms with Crippen LogP contribution < -0.4 is 0 Å². The minimum atomic E-state index is 1.07. The van der Waals surface area contributed by atoms with Crippen molar-refractivity contribution >= 4 is 22.8 Å². The van der Waals surface area contributed by atoms with Gasteiger partial charge in [-0.05, 0) is 38.0 Å². The summed E-state index contributed by atoms with van der Waals surface area (Å²) in [5.74, 6) is 0. The number of nitrogens with one attached hydrogen (secondary N) is 1. The third-order valence-electron chi connectivity index (χ3n) is 3.59. The van der Waals surface area contributed by atoms with E-state index >= 15 is 0 Å². The van der Waals surface area contributed by atoms with Gasteiger partial charge in [0, 0.05) is 23.4 Å². The number of benzene rings is 2. The maximum Gasteiger partial charge on any atom is 0.0688 e. The lowest BCUT2D eigenvalue weighted by molar-refractivity contribution is 1.29. The Kier molecular flexibility index (Phi) is 3.15. The maximum absolute atomic E-state index is 4.70. The standard InChI is InChI=1S/C18H18N2/c1-12-9-13(2)17(14(3)10-12)20-11-16-6-4-5-15-7-8-19-18(15)16/h4-11,19H,1-3H3. The van der Waals surface area contributed by atoms with E-state index in [0.717, 1.165) is 16.8 Å². The van der Waals surface area contributed by atoms with Crippen LogP contribution in [0.2, 0.25) is 0 Å². The molecule has 0 unspecified atom stereocenters. The van der Waals surface area contributed by atoms with Crippen LogP contribution in [-0.2, 0) is 0 Å². The summed E-state index contributed by atoms with van der Waals surface area (Å²) in [7, 11) is 0. The smallest absolute Gasteiger partial charge is 0.0688 e. The van der Waals surface area contributed by atoms with Crippen molar-refractivity contribution in [3.8, 4) is 0 Å². The Labute approximate surface area is 119 Å². The van der Waals surface area contributed by atoms with E-state index in [1.165, 1.54) is 22.1 Å². The van der Waals surface area contributed by atoms with Gasteiger partial charge in [0.2, 0.25) is 0 Å². The number of aromatic nitrogens is 1. The molecule has 2 heteroatoms. The van der Waals surface area contributed by atoms with Crippen molar-refractivity contribution in [3.05, 3.63) is 64.8 Å². The Balaban J connectivity index is 2.05.